The zero-order valence-electron chi connectivity index (χ0n) is 13.4. The SMILES string of the molecule is CCCNC(=O)C(C)N1CCC[C@@H]1C(=O)OC(C)(C)C. The van der Waals surface area contributed by atoms with Crippen LogP contribution in [-0.2, 0) is 14.3 Å². The van der Waals surface area contributed by atoms with E-state index in [1.807, 2.05) is 39.5 Å². The first-order chi connectivity index (χ1) is 9.26. The van der Waals surface area contributed by atoms with Gasteiger partial charge in [-0.2, -0.15) is 0 Å². The lowest BCUT2D eigenvalue weighted by Crippen LogP contribution is -2.50. The monoisotopic (exact) mass is 284 g/mol. The van der Waals surface area contributed by atoms with Crippen molar-refractivity contribution in [2.75, 3.05) is 13.1 Å². The standard InChI is InChI=1S/C15H28N2O3/c1-6-9-16-13(18)11(2)17-10-7-8-12(17)14(19)20-15(3,4)5/h11-12H,6-10H2,1-5H3,(H,16,18)/t11?,12-/m1/s1. The molecule has 0 aromatic carbocycles. The molecule has 1 aliphatic rings. The highest BCUT2D eigenvalue weighted by Crippen LogP contribution is 2.23. The van der Waals surface area contributed by atoms with Crippen LogP contribution in [0.4, 0.5) is 0 Å². The molecule has 0 aliphatic carbocycles. The summed E-state index contributed by atoms with van der Waals surface area (Å²) in [6.45, 7) is 10.9. The highest BCUT2D eigenvalue weighted by Gasteiger charge is 2.38. The summed E-state index contributed by atoms with van der Waals surface area (Å²) in [7, 11) is 0. The van der Waals surface area contributed by atoms with Gasteiger partial charge in [0.1, 0.15) is 11.6 Å². The van der Waals surface area contributed by atoms with Gasteiger partial charge in [-0.05, 0) is 53.5 Å². The van der Waals surface area contributed by atoms with Crippen molar-refractivity contribution in [3.05, 3.63) is 0 Å². The Labute approximate surface area is 122 Å². The molecule has 5 heteroatoms. The van der Waals surface area contributed by atoms with Crippen LogP contribution in [0.1, 0.15) is 53.9 Å². The topological polar surface area (TPSA) is 58.6 Å². The van der Waals surface area contributed by atoms with Crippen molar-refractivity contribution in [3.8, 4) is 0 Å². The molecule has 1 aliphatic heterocycles. The summed E-state index contributed by atoms with van der Waals surface area (Å²) < 4.78 is 5.45. The van der Waals surface area contributed by atoms with E-state index >= 15 is 0 Å². The Balaban J connectivity index is 2.64. The maximum Gasteiger partial charge on any atom is 0.323 e. The Kier molecular flexibility index (Phi) is 5.99. The molecular formula is C15H28N2O3. The van der Waals surface area contributed by atoms with Gasteiger partial charge >= 0.3 is 5.97 Å². The number of nitrogens with one attached hydrogen (secondary N) is 1. The van der Waals surface area contributed by atoms with E-state index < -0.39 is 5.60 Å². The summed E-state index contributed by atoms with van der Waals surface area (Å²) >= 11 is 0. The molecule has 0 bridgehead atoms. The van der Waals surface area contributed by atoms with Crippen LogP contribution >= 0.6 is 0 Å². The second kappa shape index (κ2) is 7.07. The minimum atomic E-state index is -0.487. The van der Waals surface area contributed by atoms with Crippen LogP contribution in [0, 0.1) is 0 Å². The smallest absolute Gasteiger partial charge is 0.323 e. The third-order valence-corrected chi connectivity index (χ3v) is 3.40. The fourth-order valence-corrected chi connectivity index (χ4v) is 2.42. The van der Waals surface area contributed by atoms with Gasteiger partial charge < -0.3 is 10.1 Å². The quantitative estimate of drug-likeness (QED) is 0.781. The summed E-state index contributed by atoms with van der Waals surface area (Å²) in [6, 6.07) is -0.585. The Bertz CT molecular complexity index is 350. The molecule has 2 atom stereocenters. The zero-order valence-corrected chi connectivity index (χ0v) is 13.4. The molecule has 1 N–H and O–H groups in total. The van der Waals surface area contributed by atoms with Crippen molar-refractivity contribution in [1.82, 2.24) is 10.2 Å². The number of hydrogen-bond acceptors (Lipinski definition) is 4. The van der Waals surface area contributed by atoms with Gasteiger partial charge in [0.15, 0.2) is 0 Å². The average Bonchev–Trinajstić information content (AvgIpc) is 2.82. The number of nitrogens with zero attached hydrogens (tertiary/aromatic N) is 1. The highest BCUT2D eigenvalue weighted by atomic mass is 16.6. The van der Waals surface area contributed by atoms with Gasteiger partial charge in [0.05, 0.1) is 6.04 Å². The molecule has 1 unspecified atom stereocenters. The first kappa shape index (κ1) is 17.0. The number of amides is 1. The Morgan fingerprint density at radius 2 is 2.05 bits per heavy atom. The molecule has 0 aromatic heterocycles. The van der Waals surface area contributed by atoms with Gasteiger partial charge in [-0.15, -0.1) is 0 Å². The van der Waals surface area contributed by atoms with Crippen LogP contribution in [0.25, 0.3) is 0 Å². The fraction of sp³-hybridized carbons (Fsp3) is 0.867. The second-order valence-corrected chi connectivity index (χ2v) is 6.40. The molecular weight excluding hydrogens is 256 g/mol. The Hall–Kier alpha value is -1.10. The van der Waals surface area contributed by atoms with E-state index in [1.165, 1.54) is 0 Å². The van der Waals surface area contributed by atoms with E-state index in [9.17, 15) is 9.59 Å². The number of carbonyl (C=O) groups excluding carboxylic acids is 2. The molecule has 1 amide bonds. The molecule has 20 heavy (non-hydrogen) atoms. The van der Waals surface area contributed by atoms with Crippen LogP contribution in [0.2, 0.25) is 0 Å². The van der Waals surface area contributed by atoms with E-state index in [0.29, 0.717) is 6.54 Å². The zero-order chi connectivity index (χ0) is 15.3. The molecule has 5 nitrogen and oxygen atoms in total. The maximum absolute atomic E-state index is 12.2. The van der Waals surface area contributed by atoms with Gasteiger partial charge in [-0.3, -0.25) is 14.5 Å². The third kappa shape index (κ3) is 4.78. The molecule has 1 rings (SSSR count). The van der Waals surface area contributed by atoms with E-state index in [-0.39, 0.29) is 24.0 Å². The minimum absolute atomic E-state index is 0.0118. The van der Waals surface area contributed by atoms with E-state index in [0.717, 1.165) is 25.8 Å². The van der Waals surface area contributed by atoms with Crippen LogP contribution in [0.15, 0.2) is 0 Å². The van der Waals surface area contributed by atoms with Gasteiger partial charge in [-0.25, -0.2) is 0 Å². The van der Waals surface area contributed by atoms with Gasteiger partial charge in [-0.1, -0.05) is 6.92 Å². The number of ether oxygens (including phenoxy) is 1. The van der Waals surface area contributed by atoms with E-state index in [4.69, 9.17) is 4.74 Å². The summed E-state index contributed by atoms with van der Waals surface area (Å²) in [6.07, 6.45) is 2.60. The van der Waals surface area contributed by atoms with Crippen molar-refractivity contribution in [2.24, 2.45) is 0 Å². The normalized spacial score (nSPS) is 21.6. The second-order valence-electron chi connectivity index (χ2n) is 6.40. The molecule has 1 fully saturated rings. The summed E-state index contributed by atoms with van der Waals surface area (Å²) in [5, 5.41) is 2.88. The predicted octanol–water partition coefficient (Wildman–Crippen LogP) is 1.71. The van der Waals surface area contributed by atoms with E-state index in [1.54, 1.807) is 0 Å². The summed E-state index contributed by atoms with van der Waals surface area (Å²) in [5.41, 5.74) is -0.487. The number of likely N-dealkylation sites (tertiary alicyclic amines) is 1. The number of esters is 1. The van der Waals surface area contributed by atoms with Crippen molar-refractivity contribution in [2.45, 2.75) is 71.6 Å². The lowest BCUT2D eigenvalue weighted by atomic mass is 10.1. The first-order valence-corrected chi connectivity index (χ1v) is 7.52. The number of hydrogen-bond donors (Lipinski definition) is 1. The number of rotatable bonds is 5. The summed E-state index contributed by atoms with van der Waals surface area (Å²) in [5.74, 6) is -0.229. The van der Waals surface area contributed by atoms with E-state index in [2.05, 4.69) is 5.32 Å². The predicted molar refractivity (Wildman–Crippen MR) is 78.3 cm³/mol. The molecule has 0 aromatic rings. The first-order valence-electron chi connectivity index (χ1n) is 7.52. The van der Waals surface area contributed by atoms with Crippen molar-refractivity contribution in [1.29, 1.82) is 0 Å². The molecule has 1 saturated heterocycles. The summed E-state index contributed by atoms with van der Waals surface area (Å²) in [4.78, 5) is 26.2. The van der Waals surface area contributed by atoms with Crippen LogP contribution in [-0.4, -0.2) is 47.6 Å². The molecule has 0 radical (unpaired) electrons. The van der Waals surface area contributed by atoms with Crippen LogP contribution in [0.5, 0.6) is 0 Å². The van der Waals surface area contributed by atoms with Gasteiger partial charge in [0.2, 0.25) is 5.91 Å². The maximum atomic E-state index is 12.2. The average molecular weight is 284 g/mol. The van der Waals surface area contributed by atoms with Crippen molar-refractivity contribution < 1.29 is 14.3 Å². The molecule has 0 saturated carbocycles. The van der Waals surface area contributed by atoms with Crippen molar-refractivity contribution >= 4 is 11.9 Å². The van der Waals surface area contributed by atoms with Crippen molar-refractivity contribution in [3.63, 3.8) is 0 Å². The lowest BCUT2D eigenvalue weighted by molar-refractivity contribution is -0.161. The van der Waals surface area contributed by atoms with Crippen LogP contribution in [0.3, 0.4) is 0 Å². The van der Waals surface area contributed by atoms with Gasteiger partial charge in [0, 0.05) is 6.54 Å². The molecule has 0 spiro atoms. The molecule has 1 heterocycles. The minimum Gasteiger partial charge on any atom is -0.459 e. The Morgan fingerprint density at radius 3 is 2.60 bits per heavy atom. The molecule has 116 valence electrons. The Morgan fingerprint density at radius 1 is 1.40 bits per heavy atom. The largest absolute Gasteiger partial charge is 0.459 e. The fourth-order valence-electron chi connectivity index (χ4n) is 2.42. The van der Waals surface area contributed by atoms with Crippen LogP contribution < -0.4 is 5.32 Å². The highest BCUT2D eigenvalue weighted by molar-refractivity contribution is 5.83. The lowest BCUT2D eigenvalue weighted by Gasteiger charge is -2.30. The van der Waals surface area contributed by atoms with Gasteiger partial charge in [0.25, 0.3) is 0 Å². The third-order valence-electron chi connectivity index (χ3n) is 3.40. The number of carbonyl (C=O) groups is 2.